The summed E-state index contributed by atoms with van der Waals surface area (Å²) in [6.45, 7) is 3.23. The first kappa shape index (κ1) is 16.7. The first-order valence-electron chi connectivity index (χ1n) is 7.97. The zero-order valence-electron chi connectivity index (χ0n) is 13.6. The molecule has 1 fully saturated rings. The SMILES string of the molecule is Cc1nccc(O[C@H]2CCCN(C(=O)CSc3ccncc3)C2)n1. The summed E-state index contributed by atoms with van der Waals surface area (Å²) in [5, 5.41) is 0. The minimum absolute atomic E-state index is 0.0112. The van der Waals surface area contributed by atoms with Gasteiger partial charge in [-0.1, -0.05) is 0 Å². The zero-order chi connectivity index (χ0) is 16.8. The van der Waals surface area contributed by atoms with Crippen LogP contribution in [0.25, 0.3) is 0 Å². The third kappa shape index (κ3) is 4.67. The molecule has 2 aromatic heterocycles. The second kappa shape index (κ2) is 8.10. The number of aryl methyl sites for hydroxylation is 1. The lowest BCUT2D eigenvalue weighted by molar-refractivity contribution is -0.130. The van der Waals surface area contributed by atoms with E-state index in [0.717, 1.165) is 24.3 Å². The number of piperidine rings is 1. The molecule has 0 radical (unpaired) electrons. The number of thioether (sulfide) groups is 1. The van der Waals surface area contributed by atoms with Crippen LogP contribution in [0.1, 0.15) is 18.7 Å². The van der Waals surface area contributed by atoms with E-state index < -0.39 is 0 Å². The molecule has 0 unspecified atom stereocenters. The number of rotatable bonds is 5. The van der Waals surface area contributed by atoms with Crippen LogP contribution in [0.5, 0.6) is 5.88 Å². The Balaban J connectivity index is 1.52. The van der Waals surface area contributed by atoms with Gasteiger partial charge in [0.1, 0.15) is 11.9 Å². The quantitative estimate of drug-likeness (QED) is 0.776. The summed E-state index contributed by atoms with van der Waals surface area (Å²) in [6, 6.07) is 5.59. The summed E-state index contributed by atoms with van der Waals surface area (Å²) in [5.74, 6) is 1.84. The number of pyridine rings is 1. The average Bonchev–Trinajstić information content (AvgIpc) is 2.61. The summed E-state index contributed by atoms with van der Waals surface area (Å²) in [5.41, 5.74) is 0. The third-order valence-electron chi connectivity index (χ3n) is 3.78. The molecule has 126 valence electrons. The molecule has 3 rings (SSSR count). The number of ether oxygens (including phenoxy) is 1. The first-order chi connectivity index (χ1) is 11.7. The fraction of sp³-hybridized carbons (Fsp3) is 0.412. The lowest BCUT2D eigenvalue weighted by Crippen LogP contribution is -2.45. The number of aromatic nitrogens is 3. The molecule has 24 heavy (non-hydrogen) atoms. The van der Waals surface area contributed by atoms with Gasteiger partial charge in [0.15, 0.2) is 0 Å². The fourth-order valence-corrected chi connectivity index (χ4v) is 3.39. The molecule has 0 saturated carbocycles. The van der Waals surface area contributed by atoms with Crippen LogP contribution in [0.4, 0.5) is 0 Å². The van der Waals surface area contributed by atoms with Gasteiger partial charge >= 0.3 is 0 Å². The van der Waals surface area contributed by atoms with Crippen molar-refractivity contribution >= 4 is 17.7 Å². The van der Waals surface area contributed by atoms with E-state index in [9.17, 15) is 4.79 Å². The van der Waals surface area contributed by atoms with Crippen LogP contribution < -0.4 is 4.74 Å². The molecule has 6 nitrogen and oxygen atoms in total. The second-order valence-electron chi connectivity index (χ2n) is 5.64. The van der Waals surface area contributed by atoms with Crippen LogP contribution in [0.15, 0.2) is 41.7 Å². The number of hydrogen-bond acceptors (Lipinski definition) is 6. The summed E-state index contributed by atoms with van der Waals surface area (Å²) in [4.78, 5) is 27.7. The fourth-order valence-electron chi connectivity index (χ4n) is 2.60. The van der Waals surface area contributed by atoms with E-state index in [1.54, 1.807) is 24.7 Å². The molecule has 1 saturated heterocycles. The van der Waals surface area contributed by atoms with Gasteiger partial charge in [0.05, 0.1) is 12.3 Å². The van der Waals surface area contributed by atoms with Gasteiger partial charge in [-0.05, 0) is 31.9 Å². The highest BCUT2D eigenvalue weighted by Gasteiger charge is 2.25. The molecule has 1 amide bonds. The molecule has 7 heteroatoms. The summed E-state index contributed by atoms with van der Waals surface area (Å²) in [6.07, 6.45) is 7.03. The number of likely N-dealkylation sites (tertiary alicyclic amines) is 1. The minimum Gasteiger partial charge on any atom is -0.472 e. The Morgan fingerprint density at radius 2 is 2.17 bits per heavy atom. The van der Waals surface area contributed by atoms with Gasteiger partial charge < -0.3 is 9.64 Å². The second-order valence-corrected chi connectivity index (χ2v) is 6.68. The van der Waals surface area contributed by atoms with E-state index in [1.807, 2.05) is 24.0 Å². The molecule has 0 spiro atoms. The number of hydrogen-bond donors (Lipinski definition) is 0. The van der Waals surface area contributed by atoms with Crippen molar-refractivity contribution in [2.75, 3.05) is 18.8 Å². The highest BCUT2D eigenvalue weighted by Crippen LogP contribution is 2.20. The van der Waals surface area contributed by atoms with Crippen molar-refractivity contribution in [3.63, 3.8) is 0 Å². The van der Waals surface area contributed by atoms with E-state index in [-0.39, 0.29) is 12.0 Å². The highest BCUT2D eigenvalue weighted by atomic mass is 32.2. The molecule has 3 heterocycles. The Morgan fingerprint density at radius 3 is 2.96 bits per heavy atom. The predicted octanol–water partition coefficient (Wildman–Crippen LogP) is 2.34. The molecule has 0 bridgehead atoms. The Labute approximate surface area is 145 Å². The van der Waals surface area contributed by atoms with Crippen LogP contribution in [0, 0.1) is 6.92 Å². The number of nitrogens with zero attached hydrogens (tertiary/aromatic N) is 4. The van der Waals surface area contributed by atoms with Crippen molar-refractivity contribution in [2.45, 2.75) is 30.8 Å². The van der Waals surface area contributed by atoms with Gasteiger partial charge in [-0.3, -0.25) is 9.78 Å². The normalized spacial score (nSPS) is 17.5. The number of carbonyl (C=O) groups is 1. The summed E-state index contributed by atoms with van der Waals surface area (Å²) in [7, 11) is 0. The van der Waals surface area contributed by atoms with Crippen molar-refractivity contribution in [1.82, 2.24) is 19.9 Å². The lowest BCUT2D eigenvalue weighted by atomic mass is 10.1. The van der Waals surface area contributed by atoms with Crippen LogP contribution in [0.2, 0.25) is 0 Å². The van der Waals surface area contributed by atoms with Crippen LogP contribution in [-0.4, -0.2) is 50.7 Å². The minimum atomic E-state index is -0.0112. The molecule has 1 aliphatic rings. The molecule has 2 aromatic rings. The summed E-state index contributed by atoms with van der Waals surface area (Å²) < 4.78 is 5.92. The monoisotopic (exact) mass is 344 g/mol. The van der Waals surface area contributed by atoms with E-state index >= 15 is 0 Å². The highest BCUT2D eigenvalue weighted by molar-refractivity contribution is 8.00. The standard InChI is InChI=1S/C17H20N4O2S/c1-13-19-9-6-16(20-13)23-14-3-2-10-21(11-14)17(22)12-24-15-4-7-18-8-5-15/h4-9,14H,2-3,10-12H2,1H3/t14-/m0/s1. The molecule has 0 aliphatic carbocycles. The van der Waals surface area contributed by atoms with Gasteiger partial charge in [-0.2, -0.15) is 4.98 Å². The van der Waals surface area contributed by atoms with E-state index in [4.69, 9.17) is 4.74 Å². The van der Waals surface area contributed by atoms with E-state index in [2.05, 4.69) is 15.0 Å². The zero-order valence-corrected chi connectivity index (χ0v) is 14.4. The van der Waals surface area contributed by atoms with E-state index in [0.29, 0.717) is 24.0 Å². The smallest absolute Gasteiger partial charge is 0.233 e. The van der Waals surface area contributed by atoms with Crippen LogP contribution in [0.3, 0.4) is 0 Å². The van der Waals surface area contributed by atoms with Gasteiger partial charge in [0.25, 0.3) is 0 Å². The van der Waals surface area contributed by atoms with Crippen molar-refractivity contribution in [2.24, 2.45) is 0 Å². The van der Waals surface area contributed by atoms with Gasteiger partial charge in [0, 0.05) is 36.1 Å². The molecular formula is C17H20N4O2S. The maximum absolute atomic E-state index is 12.4. The van der Waals surface area contributed by atoms with E-state index in [1.165, 1.54) is 11.8 Å². The summed E-state index contributed by atoms with van der Waals surface area (Å²) >= 11 is 1.54. The topological polar surface area (TPSA) is 68.2 Å². The first-order valence-corrected chi connectivity index (χ1v) is 8.96. The molecule has 1 atom stereocenters. The van der Waals surface area contributed by atoms with Gasteiger partial charge in [-0.15, -0.1) is 11.8 Å². The molecule has 1 aliphatic heterocycles. The van der Waals surface area contributed by atoms with Crippen LogP contribution >= 0.6 is 11.8 Å². The maximum Gasteiger partial charge on any atom is 0.233 e. The third-order valence-corrected chi connectivity index (χ3v) is 4.78. The number of carbonyl (C=O) groups excluding carboxylic acids is 1. The largest absolute Gasteiger partial charge is 0.472 e. The van der Waals surface area contributed by atoms with Crippen LogP contribution in [-0.2, 0) is 4.79 Å². The molecule has 0 aromatic carbocycles. The Kier molecular flexibility index (Phi) is 5.63. The van der Waals surface area contributed by atoms with Crippen molar-refractivity contribution in [3.8, 4) is 5.88 Å². The Morgan fingerprint density at radius 1 is 1.33 bits per heavy atom. The molecule has 0 N–H and O–H groups in total. The number of amides is 1. The maximum atomic E-state index is 12.4. The Hall–Kier alpha value is -2.15. The lowest BCUT2D eigenvalue weighted by Gasteiger charge is -2.32. The average molecular weight is 344 g/mol. The van der Waals surface area contributed by atoms with Crippen molar-refractivity contribution < 1.29 is 9.53 Å². The van der Waals surface area contributed by atoms with Crippen molar-refractivity contribution in [1.29, 1.82) is 0 Å². The Bertz CT molecular complexity index is 683. The van der Waals surface area contributed by atoms with Gasteiger partial charge in [-0.25, -0.2) is 4.98 Å². The van der Waals surface area contributed by atoms with Crippen molar-refractivity contribution in [3.05, 3.63) is 42.6 Å². The predicted molar refractivity (Wildman–Crippen MR) is 92.0 cm³/mol. The van der Waals surface area contributed by atoms with Gasteiger partial charge in [0.2, 0.25) is 11.8 Å². The molecular weight excluding hydrogens is 324 g/mol.